The zero-order valence-corrected chi connectivity index (χ0v) is 20.2. The molecule has 1 unspecified atom stereocenters. The van der Waals surface area contributed by atoms with E-state index < -0.39 is 27.8 Å². The first kappa shape index (κ1) is 25.1. The molecule has 9 nitrogen and oxygen atoms in total. The molecule has 35 heavy (non-hydrogen) atoms. The van der Waals surface area contributed by atoms with Crippen LogP contribution in [0.15, 0.2) is 65.1 Å². The molecule has 0 bridgehead atoms. The molecule has 2 heterocycles. The van der Waals surface area contributed by atoms with E-state index in [1.54, 1.807) is 31.4 Å². The molecular weight excluding hydrogens is 472 g/mol. The van der Waals surface area contributed by atoms with Gasteiger partial charge in [0.1, 0.15) is 5.76 Å². The third kappa shape index (κ3) is 5.01. The van der Waals surface area contributed by atoms with Crippen molar-refractivity contribution < 1.29 is 32.6 Å². The van der Waals surface area contributed by atoms with Crippen LogP contribution in [-0.2, 0) is 29.1 Å². The fraction of sp³-hybridized carbons (Fsp3) is 0.360. The first-order valence-corrected chi connectivity index (χ1v) is 12.8. The third-order valence-electron chi connectivity index (χ3n) is 6.14. The molecule has 2 aliphatic rings. The summed E-state index contributed by atoms with van der Waals surface area (Å²) in [6, 6.07) is 13.9. The minimum Gasteiger partial charge on any atom is -0.507 e. The van der Waals surface area contributed by atoms with E-state index in [9.17, 15) is 23.1 Å². The van der Waals surface area contributed by atoms with Crippen LogP contribution in [0.5, 0.6) is 0 Å². The molecule has 0 radical (unpaired) electrons. The molecule has 10 heteroatoms. The Balaban J connectivity index is 1.70. The summed E-state index contributed by atoms with van der Waals surface area (Å²) >= 11 is 0. The Bertz CT molecular complexity index is 1200. The number of Topliss-reactive ketones (excluding diaryl/α,β-unsaturated/α-hetero) is 1. The van der Waals surface area contributed by atoms with Gasteiger partial charge in [-0.05, 0) is 36.2 Å². The molecule has 2 saturated heterocycles. The van der Waals surface area contributed by atoms with Crippen molar-refractivity contribution in [3.63, 3.8) is 0 Å². The summed E-state index contributed by atoms with van der Waals surface area (Å²) in [4.78, 5) is 27.4. The quantitative estimate of drug-likeness (QED) is 0.256. The highest BCUT2D eigenvalue weighted by atomic mass is 32.2. The molecule has 1 atom stereocenters. The van der Waals surface area contributed by atoms with Gasteiger partial charge in [0, 0.05) is 38.9 Å². The fourth-order valence-electron chi connectivity index (χ4n) is 4.35. The summed E-state index contributed by atoms with van der Waals surface area (Å²) in [6.07, 6.45) is 0.529. The van der Waals surface area contributed by atoms with E-state index in [4.69, 9.17) is 9.47 Å². The summed E-state index contributed by atoms with van der Waals surface area (Å²) in [5.74, 6) is -1.82. The van der Waals surface area contributed by atoms with Crippen LogP contribution in [0.25, 0.3) is 5.76 Å². The van der Waals surface area contributed by atoms with E-state index in [1.807, 2.05) is 6.07 Å². The molecule has 2 aromatic carbocycles. The molecular formula is C25H28N2O7S. The number of methoxy groups -OCH3 is 1. The second-order valence-electron chi connectivity index (χ2n) is 8.29. The lowest BCUT2D eigenvalue weighted by Crippen LogP contribution is -2.40. The van der Waals surface area contributed by atoms with Crippen molar-refractivity contribution in [2.45, 2.75) is 17.4 Å². The highest BCUT2D eigenvalue weighted by molar-refractivity contribution is 7.89. The van der Waals surface area contributed by atoms with Crippen LogP contribution >= 0.6 is 0 Å². The van der Waals surface area contributed by atoms with Gasteiger partial charge in [-0.1, -0.05) is 30.3 Å². The Morgan fingerprint density at radius 3 is 2.34 bits per heavy atom. The molecule has 186 valence electrons. The average Bonchev–Trinajstić information content (AvgIpc) is 3.14. The molecule has 0 spiro atoms. The fourth-order valence-corrected chi connectivity index (χ4v) is 5.76. The number of hydrogen-bond donors (Lipinski definition) is 1. The Morgan fingerprint density at radius 1 is 1.06 bits per heavy atom. The van der Waals surface area contributed by atoms with Crippen LogP contribution in [0.4, 0.5) is 0 Å². The summed E-state index contributed by atoms with van der Waals surface area (Å²) < 4.78 is 37.5. The molecule has 0 saturated carbocycles. The monoisotopic (exact) mass is 500 g/mol. The minimum absolute atomic E-state index is 0.0256. The van der Waals surface area contributed by atoms with Crippen molar-refractivity contribution in [3.05, 3.63) is 71.3 Å². The van der Waals surface area contributed by atoms with Gasteiger partial charge in [-0.25, -0.2) is 8.42 Å². The molecule has 2 aliphatic heterocycles. The van der Waals surface area contributed by atoms with Crippen molar-refractivity contribution >= 4 is 27.5 Å². The summed E-state index contributed by atoms with van der Waals surface area (Å²) in [5.41, 5.74) is 0.918. The number of ether oxygens (including phenoxy) is 2. The van der Waals surface area contributed by atoms with E-state index >= 15 is 0 Å². The number of rotatable bonds is 8. The van der Waals surface area contributed by atoms with Crippen molar-refractivity contribution in [1.82, 2.24) is 9.21 Å². The maximum atomic E-state index is 13.0. The van der Waals surface area contributed by atoms with Gasteiger partial charge in [0.25, 0.3) is 11.7 Å². The van der Waals surface area contributed by atoms with Crippen LogP contribution in [-0.4, -0.2) is 81.0 Å². The molecule has 2 aromatic rings. The number of carbonyl (C=O) groups is 2. The molecule has 4 rings (SSSR count). The number of aliphatic hydroxyl groups excluding tert-OH is 1. The SMILES string of the molecule is COCCCN1C(=O)C(=O)/C(=C(\O)c2ccc(S(=O)(=O)N3CCOCC3)cc2)C1c1ccccc1. The Labute approximate surface area is 204 Å². The first-order valence-electron chi connectivity index (χ1n) is 11.4. The predicted octanol–water partition coefficient (Wildman–Crippen LogP) is 2.17. The normalized spacial score (nSPS) is 20.9. The highest BCUT2D eigenvalue weighted by Crippen LogP contribution is 2.39. The van der Waals surface area contributed by atoms with E-state index in [0.717, 1.165) is 0 Å². The van der Waals surface area contributed by atoms with Crippen LogP contribution < -0.4 is 0 Å². The molecule has 1 N–H and O–H groups in total. The molecule has 2 fully saturated rings. The number of nitrogens with zero attached hydrogens (tertiary/aromatic N) is 2. The van der Waals surface area contributed by atoms with Crippen molar-refractivity contribution in [2.24, 2.45) is 0 Å². The molecule has 0 aromatic heterocycles. The lowest BCUT2D eigenvalue weighted by molar-refractivity contribution is -0.140. The van der Waals surface area contributed by atoms with Gasteiger partial charge >= 0.3 is 0 Å². The van der Waals surface area contributed by atoms with E-state index in [1.165, 1.54) is 33.5 Å². The predicted molar refractivity (Wildman–Crippen MR) is 128 cm³/mol. The number of benzene rings is 2. The van der Waals surface area contributed by atoms with Gasteiger partial charge in [0.15, 0.2) is 0 Å². The summed E-state index contributed by atoms with van der Waals surface area (Å²) in [5, 5.41) is 11.2. The Kier molecular flexibility index (Phi) is 7.66. The van der Waals surface area contributed by atoms with Crippen LogP contribution in [0.2, 0.25) is 0 Å². The van der Waals surface area contributed by atoms with Crippen LogP contribution in [0.3, 0.4) is 0 Å². The van der Waals surface area contributed by atoms with Crippen molar-refractivity contribution in [3.8, 4) is 0 Å². The number of morpholine rings is 1. The second kappa shape index (κ2) is 10.7. The zero-order chi connectivity index (χ0) is 25.0. The second-order valence-corrected chi connectivity index (χ2v) is 10.2. The maximum Gasteiger partial charge on any atom is 0.295 e. The van der Waals surface area contributed by atoms with Crippen LogP contribution in [0.1, 0.15) is 23.6 Å². The maximum absolute atomic E-state index is 13.0. The van der Waals surface area contributed by atoms with Crippen LogP contribution in [0, 0.1) is 0 Å². The zero-order valence-electron chi connectivity index (χ0n) is 19.4. The smallest absolute Gasteiger partial charge is 0.295 e. The minimum atomic E-state index is -3.70. The van der Waals surface area contributed by atoms with Gasteiger partial charge in [-0.15, -0.1) is 0 Å². The third-order valence-corrected chi connectivity index (χ3v) is 8.05. The van der Waals surface area contributed by atoms with Crippen molar-refractivity contribution in [2.75, 3.05) is 46.6 Å². The largest absolute Gasteiger partial charge is 0.507 e. The number of hydrogen-bond acceptors (Lipinski definition) is 7. The molecule has 0 aliphatic carbocycles. The Morgan fingerprint density at radius 2 is 1.71 bits per heavy atom. The Hall–Kier alpha value is -3.05. The number of likely N-dealkylation sites (tertiary alicyclic amines) is 1. The van der Waals surface area contributed by atoms with E-state index in [2.05, 4.69) is 0 Å². The van der Waals surface area contributed by atoms with E-state index in [-0.39, 0.29) is 41.4 Å². The number of ketones is 1. The summed E-state index contributed by atoms with van der Waals surface area (Å²) in [6.45, 7) is 1.92. The molecule has 1 amide bonds. The lowest BCUT2D eigenvalue weighted by Gasteiger charge is -2.26. The van der Waals surface area contributed by atoms with Crippen molar-refractivity contribution in [1.29, 1.82) is 0 Å². The number of amides is 1. The van der Waals surface area contributed by atoms with Gasteiger partial charge in [-0.3, -0.25) is 9.59 Å². The van der Waals surface area contributed by atoms with Gasteiger partial charge < -0.3 is 19.5 Å². The lowest BCUT2D eigenvalue weighted by atomic mass is 9.95. The number of aliphatic hydroxyl groups is 1. The van der Waals surface area contributed by atoms with Gasteiger partial charge in [0.2, 0.25) is 10.0 Å². The standard InChI is InChI=1S/C25H28N2O7S/c1-33-15-5-12-27-22(18-6-3-2-4-7-18)21(24(29)25(27)30)23(28)19-8-10-20(11-9-19)35(31,32)26-13-16-34-17-14-26/h2-4,6-11,22,28H,5,12-17H2,1H3/b23-21-. The van der Waals surface area contributed by atoms with Gasteiger partial charge in [0.05, 0.1) is 29.7 Å². The number of sulfonamides is 1. The number of carbonyl (C=O) groups excluding carboxylic acids is 2. The average molecular weight is 501 g/mol. The van der Waals surface area contributed by atoms with E-state index in [0.29, 0.717) is 31.8 Å². The van der Waals surface area contributed by atoms with Gasteiger partial charge in [-0.2, -0.15) is 4.31 Å². The topological polar surface area (TPSA) is 113 Å². The first-order chi connectivity index (χ1) is 16.9. The summed E-state index contributed by atoms with van der Waals surface area (Å²) in [7, 11) is -2.14. The highest BCUT2D eigenvalue weighted by Gasteiger charge is 2.45.